The van der Waals surface area contributed by atoms with Crippen LogP contribution in [0.5, 0.6) is 0 Å². The van der Waals surface area contributed by atoms with Gasteiger partial charge in [-0.3, -0.25) is 14.4 Å². The maximum absolute atomic E-state index is 12.5. The number of benzene rings is 2. The van der Waals surface area contributed by atoms with Gasteiger partial charge in [0.05, 0.1) is 11.4 Å². The van der Waals surface area contributed by atoms with E-state index in [-0.39, 0.29) is 23.6 Å². The van der Waals surface area contributed by atoms with Crippen LogP contribution in [-0.4, -0.2) is 30.2 Å². The number of nitrogens with zero attached hydrogens (tertiary/aromatic N) is 1. The molecule has 2 N–H and O–H groups in total. The van der Waals surface area contributed by atoms with E-state index < -0.39 is 0 Å². The molecular formula is C20H19N3O3. The number of nitrogens with one attached hydrogen (secondary N) is 2. The average Bonchev–Trinajstić information content (AvgIpc) is 3.12. The summed E-state index contributed by atoms with van der Waals surface area (Å²) in [4.78, 5) is 38.2. The Morgan fingerprint density at radius 3 is 2.58 bits per heavy atom. The van der Waals surface area contributed by atoms with Crippen LogP contribution in [0.1, 0.15) is 40.5 Å². The van der Waals surface area contributed by atoms with E-state index >= 15 is 0 Å². The van der Waals surface area contributed by atoms with Gasteiger partial charge in [0.2, 0.25) is 5.91 Å². The smallest absolute Gasteiger partial charge is 0.255 e. The average molecular weight is 349 g/mol. The van der Waals surface area contributed by atoms with Crippen molar-refractivity contribution in [3.8, 4) is 0 Å². The van der Waals surface area contributed by atoms with Gasteiger partial charge in [0, 0.05) is 23.4 Å². The third-order valence-electron chi connectivity index (χ3n) is 4.93. The highest BCUT2D eigenvalue weighted by Crippen LogP contribution is 2.37. The molecule has 0 bridgehead atoms. The van der Waals surface area contributed by atoms with E-state index in [1.165, 1.54) is 6.92 Å². The van der Waals surface area contributed by atoms with Crippen LogP contribution in [0.25, 0.3) is 0 Å². The number of fused-ring (bicyclic) bond motifs is 3. The molecule has 2 aliphatic heterocycles. The maximum Gasteiger partial charge on any atom is 0.255 e. The number of carbonyl (C=O) groups is 3. The Hall–Kier alpha value is -3.15. The Morgan fingerprint density at radius 2 is 1.85 bits per heavy atom. The van der Waals surface area contributed by atoms with Crippen molar-refractivity contribution >= 4 is 34.7 Å². The summed E-state index contributed by atoms with van der Waals surface area (Å²) in [6, 6.07) is 12.0. The molecule has 1 fully saturated rings. The molecule has 2 aromatic carbocycles. The molecule has 1 saturated heterocycles. The number of amides is 2. The van der Waals surface area contributed by atoms with E-state index in [0.29, 0.717) is 22.5 Å². The van der Waals surface area contributed by atoms with E-state index in [0.717, 1.165) is 25.1 Å². The minimum Gasteiger partial charge on any atom is -0.358 e. The Morgan fingerprint density at radius 1 is 1.12 bits per heavy atom. The fourth-order valence-corrected chi connectivity index (χ4v) is 3.56. The van der Waals surface area contributed by atoms with Gasteiger partial charge in [0.1, 0.15) is 6.04 Å². The first-order chi connectivity index (χ1) is 12.5. The molecule has 0 aromatic heterocycles. The van der Waals surface area contributed by atoms with Crippen molar-refractivity contribution in [1.82, 2.24) is 0 Å². The molecule has 0 spiro atoms. The van der Waals surface area contributed by atoms with Gasteiger partial charge >= 0.3 is 0 Å². The van der Waals surface area contributed by atoms with Crippen LogP contribution in [-0.2, 0) is 4.79 Å². The van der Waals surface area contributed by atoms with Gasteiger partial charge < -0.3 is 15.5 Å². The predicted molar refractivity (Wildman–Crippen MR) is 99.8 cm³/mol. The lowest BCUT2D eigenvalue weighted by molar-refractivity contribution is -0.117. The SMILES string of the molecule is CC(=O)c1ccc(NC(=O)c2ccc3c(c2)NC(=O)[C@@H]2CCCN32)cc1. The van der Waals surface area contributed by atoms with Crippen LogP contribution in [0, 0.1) is 0 Å². The van der Waals surface area contributed by atoms with Crippen molar-refractivity contribution < 1.29 is 14.4 Å². The second-order valence-corrected chi connectivity index (χ2v) is 6.66. The lowest BCUT2D eigenvalue weighted by atomic mass is 10.1. The van der Waals surface area contributed by atoms with Crippen LogP contribution in [0.4, 0.5) is 17.1 Å². The van der Waals surface area contributed by atoms with Crippen molar-refractivity contribution in [3.05, 3.63) is 53.6 Å². The molecule has 1 atom stereocenters. The van der Waals surface area contributed by atoms with Crippen LogP contribution < -0.4 is 15.5 Å². The van der Waals surface area contributed by atoms with Crippen molar-refractivity contribution in [1.29, 1.82) is 0 Å². The topological polar surface area (TPSA) is 78.5 Å². The molecule has 132 valence electrons. The fraction of sp³-hybridized carbons (Fsp3) is 0.250. The Labute approximate surface area is 151 Å². The standard InChI is InChI=1S/C20H19N3O3/c1-12(24)13-4-7-15(8-5-13)21-19(25)14-6-9-17-16(11-14)22-20(26)18-3-2-10-23(17)18/h4-9,11,18H,2-3,10H2,1H3,(H,21,25)(H,22,26)/t18-/m0/s1. The largest absolute Gasteiger partial charge is 0.358 e. The Balaban J connectivity index is 1.55. The highest BCUT2D eigenvalue weighted by Gasteiger charge is 2.36. The van der Waals surface area contributed by atoms with E-state index in [2.05, 4.69) is 15.5 Å². The first-order valence-electron chi connectivity index (χ1n) is 8.67. The van der Waals surface area contributed by atoms with Crippen LogP contribution >= 0.6 is 0 Å². The lowest BCUT2D eigenvalue weighted by Crippen LogP contribution is -2.43. The van der Waals surface area contributed by atoms with Gasteiger partial charge in [-0.05, 0) is 62.2 Å². The minimum atomic E-state index is -0.263. The number of Topliss-reactive ketones (excluding diaryl/α,β-unsaturated/α-hetero) is 1. The molecule has 6 nitrogen and oxygen atoms in total. The number of anilines is 3. The first-order valence-corrected chi connectivity index (χ1v) is 8.67. The first kappa shape index (κ1) is 16.3. The van der Waals surface area contributed by atoms with Crippen molar-refractivity contribution in [3.63, 3.8) is 0 Å². The number of rotatable bonds is 3. The molecule has 2 amide bonds. The van der Waals surface area contributed by atoms with Gasteiger partial charge in [-0.1, -0.05) is 0 Å². The summed E-state index contributed by atoms with van der Waals surface area (Å²) in [6.45, 7) is 2.36. The molecule has 6 heteroatoms. The zero-order valence-corrected chi connectivity index (χ0v) is 14.4. The summed E-state index contributed by atoms with van der Waals surface area (Å²) < 4.78 is 0. The second kappa shape index (κ2) is 6.29. The highest BCUT2D eigenvalue weighted by atomic mass is 16.2. The number of hydrogen-bond donors (Lipinski definition) is 2. The second-order valence-electron chi connectivity index (χ2n) is 6.66. The summed E-state index contributed by atoms with van der Waals surface area (Å²) >= 11 is 0. The third kappa shape index (κ3) is 2.83. The fourth-order valence-electron chi connectivity index (χ4n) is 3.56. The molecule has 4 rings (SSSR count). The molecular weight excluding hydrogens is 330 g/mol. The zero-order chi connectivity index (χ0) is 18.3. The summed E-state index contributed by atoms with van der Waals surface area (Å²) in [7, 11) is 0. The van der Waals surface area contributed by atoms with Crippen LogP contribution in [0.2, 0.25) is 0 Å². The van der Waals surface area contributed by atoms with E-state index in [1.807, 2.05) is 6.07 Å². The quantitative estimate of drug-likeness (QED) is 0.835. The highest BCUT2D eigenvalue weighted by molar-refractivity contribution is 6.09. The molecule has 0 aliphatic carbocycles. The Bertz CT molecular complexity index is 905. The number of ketones is 1. The van der Waals surface area contributed by atoms with E-state index in [1.54, 1.807) is 36.4 Å². The molecule has 26 heavy (non-hydrogen) atoms. The maximum atomic E-state index is 12.5. The van der Waals surface area contributed by atoms with Gasteiger partial charge in [0.15, 0.2) is 5.78 Å². The molecule has 0 radical (unpaired) electrons. The minimum absolute atomic E-state index is 0.00706. The van der Waals surface area contributed by atoms with Gasteiger partial charge in [-0.15, -0.1) is 0 Å². The molecule has 2 aliphatic rings. The van der Waals surface area contributed by atoms with Gasteiger partial charge in [-0.2, -0.15) is 0 Å². The predicted octanol–water partition coefficient (Wildman–Crippen LogP) is 3.06. The van der Waals surface area contributed by atoms with E-state index in [9.17, 15) is 14.4 Å². The summed E-state index contributed by atoms with van der Waals surface area (Å²) in [5.74, 6) is -0.290. The van der Waals surface area contributed by atoms with Crippen LogP contribution in [0.3, 0.4) is 0 Å². The monoisotopic (exact) mass is 349 g/mol. The summed E-state index contributed by atoms with van der Waals surface area (Å²) in [5, 5.41) is 5.72. The molecule has 0 saturated carbocycles. The summed E-state index contributed by atoms with van der Waals surface area (Å²) in [5.41, 5.74) is 3.32. The van der Waals surface area contributed by atoms with Gasteiger partial charge in [0.25, 0.3) is 5.91 Å². The zero-order valence-electron chi connectivity index (χ0n) is 14.4. The third-order valence-corrected chi connectivity index (χ3v) is 4.93. The van der Waals surface area contributed by atoms with Crippen molar-refractivity contribution in [2.75, 3.05) is 22.1 Å². The number of hydrogen-bond acceptors (Lipinski definition) is 4. The van der Waals surface area contributed by atoms with E-state index in [4.69, 9.17) is 0 Å². The van der Waals surface area contributed by atoms with Crippen LogP contribution in [0.15, 0.2) is 42.5 Å². The van der Waals surface area contributed by atoms with Crippen molar-refractivity contribution in [2.24, 2.45) is 0 Å². The lowest BCUT2D eigenvalue weighted by Gasteiger charge is -2.33. The number of carbonyl (C=O) groups excluding carboxylic acids is 3. The van der Waals surface area contributed by atoms with Crippen molar-refractivity contribution in [2.45, 2.75) is 25.8 Å². The summed E-state index contributed by atoms with van der Waals surface area (Å²) in [6.07, 6.45) is 1.86. The molecule has 0 unspecified atom stereocenters. The Kier molecular flexibility index (Phi) is 3.95. The molecule has 2 heterocycles. The van der Waals surface area contributed by atoms with Gasteiger partial charge in [-0.25, -0.2) is 0 Å². The normalized spacial score (nSPS) is 18.0. The molecule has 2 aromatic rings.